The van der Waals surface area contributed by atoms with Crippen molar-refractivity contribution in [2.75, 3.05) is 0 Å². The van der Waals surface area contributed by atoms with Crippen LogP contribution >= 0.6 is 0 Å². The van der Waals surface area contributed by atoms with Gasteiger partial charge in [-0.15, -0.1) is 0 Å². The monoisotopic (exact) mass is 693 g/mol. The lowest BCUT2D eigenvalue weighted by Crippen LogP contribution is -2.34. The number of aromatic nitrogens is 3. The van der Waals surface area contributed by atoms with E-state index in [0.717, 1.165) is 91.8 Å². The Balaban J connectivity index is 1.06. The Kier molecular flexibility index (Phi) is 7.09. The summed E-state index contributed by atoms with van der Waals surface area (Å²) >= 11 is 0. The standard InChI is InChI=1S/C50H35N3O/c1-3-12-32(13-4-1)34-22-24-35(25-23-34)48-41-17-7-9-20-44(41)51-50(52-48)53-45-21-10-8-16-39(45)42-31-37(26-28-46(42)53)38-18-11-19-40-43-30-36(33-14-5-2-6-15-33)27-29-47(43)54-49(38)40/h1-6,8,10-26,28,30-31H,7,9,27,29H2. The van der Waals surface area contributed by atoms with Crippen LogP contribution in [0.4, 0.5) is 0 Å². The van der Waals surface area contributed by atoms with E-state index in [9.17, 15) is 0 Å². The van der Waals surface area contributed by atoms with E-state index >= 15 is 0 Å². The van der Waals surface area contributed by atoms with Gasteiger partial charge in [0.2, 0.25) is 5.95 Å². The lowest BCUT2D eigenvalue weighted by Gasteiger charge is -2.12. The number of benzene rings is 6. The first-order valence-corrected chi connectivity index (χ1v) is 18.9. The summed E-state index contributed by atoms with van der Waals surface area (Å²) in [6, 6.07) is 51.9. The van der Waals surface area contributed by atoms with Crippen molar-refractivity contribution in [3.63, 3.8) is 0 Å². The summed E-state index contributed by atoms with van der Waals surface area (Å²) in [6.45, 7) is 0. The summed E-state index contributed by atoms with van der Waals surface area (Å²) in [4.78, 5) is 10.6. The van der Waals surface area contributed by atoms with E-state index in [1.54, 1.807) is 0 Å². The van der Waals surface area contributed by atoms with Gasteiger partial charge in [-0.2, -0.15) is 0 Å². The molecule has 6 aromatic carbocycles. The number of hydrogen-bond donors (Lipinski definition) is 0. The van der Waals surface area contributed by atoms with Crippen molar-refractivity contribution >= 4 is 56.6 Å². The zero-order valence-electron chi connectivity index (χ0n) is 29.7. The molecule has 0 saturated heterocycles. The number of furan rings is 1. The van der Waals surface area contributed by atoms with E-state index in [0.29, 0.717) is 5.95 Å². The van der Waals surface area contributed by atoms with Gasteiger partial charge >= 0.3 is 0 Å². The highest BCUT2D eigenvalue weighted by atomic mass is 16.3. The number of fused-ring (bicyclic) bond motifs is 7. The second-order valence-electron chi connectivity index (χ2n) is 14.3. The molecule has 4 heteroatoms. The molecule has 54 heavy (non-hydrogen) atoms. The highest BCUT2D eigenvalue weighted by Crippen LogP contribution is 2.42. The molecular weight excluding hydrogens is 659 g/mol. The van der Waals surface area contributed by atoms with Crippen LogP contribution in [0.25, 0.3) is 96.0 Å². The summed E-state index contributed by atoms with van der Waals surface area (Å²) in [6.07, 6.45) is 10.7. The van der Waals surface area contributed by atoms with Gasteiger partial charge in [0, 0.05) is 44.5 Å². The first kappa shape index (κ1) is 30.8. The second kappa shape index (κ2) is 12.4. The van der Waals surface area contributed by atoms with Crippen molar-refractivity contribution in [3.05, 3.63) is 173 Å². The molecule has 3 aromatic heterocycles. The Bertz CT molecular complexity index is 3080. The van der Waals surface area contributed by atoms with Gasteiger partial charge in [0.05, 0.1) is 22.1 Å². The molecule has 0 radical (unpaired) electrons. The molecule has 256 valence electrons. The number of aryl methyl sites for hydroxylation is 1. The minimum Gasteiger partial charge on any atom is -0.460 e. The average Bonchev–Trinajstić information content (AvgIpc) is 3.79. The van der Waals surface area contributed by atoms with E-state index in [1.165, 1.54) is 33.2 Å². The minimum absolute atomic E-state index is 0.684. The Labute approximate surface area is 312 Å². The molecule has 0 N–H and O–H groups in total. The fourth-order valence-corrected chi connectivity index (χ4v) is 8.54. The normalized spacial score (nSPS) is 13.7. The molecule has 2 aliphatic carbocycles. The van der Waals surface area contributed by atoms with Gasteiger partial charge in [-0.1, -0.05) is 140 Å². The molecule has 9 aromatic rings. The summed E-state index contributed by atoms with van der Waals surface area (Å²) < 4.78 is 8.94. The number of allylic oxidation sites excluding steroid dienone is 1. The van der Waals surface area contributed by atoms with Gasteiger partial charge < -0.3 is 4.42 Å². The van der Waals surface area contributed by atoms with Crippen molar-refractivity contribution in [2.45, 2.75) is 25.7 Å². The van der Waals surface area contributed by atoms with Crippen LogP contribution in [0.2, 0.25) is 0 Å². The average molecular weight is 694 g/mol. The maximum Gasteiger partial charge on any atom is 0.235 e. The SMILES string of the molecule is C1=C(c2ccccc2)CCc2oc3c(-c4ccc5c(c4)c4ccccc4n5-c4nc(-c5ccc(-c6ccccc6)cc5)c5c(n4)=CCCC=5)cccc3c21. The maximum absolute atomic E-state index is 6.70. The van der Waals surface area contributed by atoms with Crippen LogP contribution in [-0.4, -0.2) is 14.5 Å². The van der Waals surface area contributed by atoms with Gasteiger partial charge in [0.25, 0.3) is 0 Å². The van der Waals surface area contributed by atoms with Crippen molar-refractivity contribution < 1.29 is 4.42 Å². The smallest absolute Gasteiger partial charge is 0.235 e. The molecule has 0 atom stereocenters. The molecule has 0 saturated carbocycles. The van der Waals surface area contributed by atoms with Crippen molar-refractivity contribution in [3.8, 4) is 39.5 Å². The Morgan fingerprint density at radius 3 is 2.06 bits per heavy atom. The van der Waals surface area contributed by atoms with Gasteiger partial charge in [-0.25, -0.2) is 9.97 Å². The first-order chi connectivity index (χ1) is 26.8. The fraction of sp³-hybridized carbons (Fsp3) is 0.0800. The fourth-order valence-electron chi connectivity index (χ4n) is 8.54. The molecule has 11 rings (SSSR count). The Hall–Kier alpha value is -6.78. The number of para-hydroxylation sites is 2. The Morgan fingerprint density at radius 2 is 1.20 bits per heavy atom. The quantitative estimate of drug-likeness (QED) is 0.180. The Morgan fingerprint density at radius 1 is 0.519 bits per heavy atom. The lowest BCUT2D eigenvalue weighted by atomic mass is 9.91. The van der Waals surface area contributed by atoms with E-state index in [2.05, 4.69) is 168 Å². The summed E-state index contributed by atoms with van der Waals surface area (Å²) in [5, 5.41) is 5.60. The van der Waals surface area contributed by atoms with Gasteiger partial charge in [-0.05, 0) is 71.4 Å². The van der Waals surface area contributed by atoms with Crippen LogP contribution in [0, 0.1) is 0 Å². The molecule has 0 spiro atoms. The molecule has 2 aliphatic rings. The van der Waals surface area contributed by atoms with Crippen LogP contribution in [0.5, 0.6) is 0 Å². The van der Waals surface area contributed by atoms with Gasteiger partial charge in [0.15, 0.2) is 0 Å². The third-order valence-electron chi connectivity index (χ3n) is 11.2. The van der Waals surface area contributed by atoms with Crippen molar-refractivity contribution in [1.29, 1.82) is 0 Å². The molecule has 4 nitrogen and oxygen atoms in total. The van der Waals surface area contributed by atoms with Crippen LogP contribution in [-0.2, 0) is 6.42 Å². The molecule has 3 heterocycles. The predicted molar refractivity (Wildman–Crippen MR) is 222 cm³/mol. The zero-order chi connectivity index (χ0) is 35.6. The van der Waals surface area contributed by atoms with Crippen molar-refractivity contribution in [2.24, 2.45) is 0 Å². The van der Waals surface area contributed by atoms with Crippen LogP contribution < -0.4 is 10.6 Å². The molecule has 0 fully saturated rings. The maximum atomic E-state index is 6.70. The highest BCUT2D eigenvalue weighted by molar-refractivity contribution is 6.11. The largest absolute Gasteiger partial charge is 0.460 e. The van der Waals surface area contributed by atoms with E-state index in [-0.39, 0.29) is 0 Å². The predicted octanol–water partition coefficient (Wildman–Crippen LogP) is 11.2. The highest BCUT2D eigenvalue weighted by Gasteiger charge is 2.22. The topological polar surface area (TPSA) is 43.9 Å². The van der Waals surface area contributed by atoms with Crippen LogP contribution in [0.15, 0.2) is 150 Å². The molecule has 0 unspecified atom stereocenters. The zero-order valence-corrected chi connectivity index (χ0v) is 29.7. The van der Waals surface area contributed by atoms with Crippen LogP contribution in [0.1, 0.15) is 36.1 Å². The minimum atomic E-state index is 0.684. The number of nitrogens with zero attached hydrogens (tertiary/aromatic N) is 3. The molecule has 0 aliphatic heterocycles. The van der Waals surface area contributed by atoms with E-state index in [4.69, 9.17) is 14.4 Å². The third kappa shape index (κ3) is 4.98. The number of rotatable bonds is 5. The van der Waals surface area contributed by atoms with Crippen LogP contribution in [0.3, 0.4) is 0 Å². The van der Waals surface area contributed by atoms with E-state index < -0.39 is 0 Å². The second-order valence-corrected chi connectivity index (χ2v) is 14.3. The first-order valence-electron chi connectivity index (χ1n) is 18.9. The summed E-state index contributed by atoms with van der Waals surface area (Å²) in [7, 11) is 0. The van der Waals surface area contributed by atoms with E-state index in [1.807, 2.05) is 0 Å². The van der Waals surface area contributed by atoms with Crippen molar-refractivity contribution in [1.82, 2.24) is 14.5 Å². The molecular formula is C50H35N3O. The third-order valence-corrected chi connectivity index (χ3v) is 11.2. The lowest BCUT2D eigenvalue weighted by molar-refractivity contribution is 0.548. The van der Waals surface area contributed by atoms with Gasteiger partial charge in [0.1, 0.15) is 11.3 Å². The molecule has 0 amide bonds. The molecule has 0 bridgehead atoms. The number of hydrogen-bond acceptors (Lipinski definition) is 3. The summed E-state index contributed by atoms with van der Waals surface area (Å²) in [5.41, 5.74) is 13.6. The summed E-state index contributed by atoms with van der Waals surface area (Å²) in [5.74, 6) is 1.75. The van der Waals surface area contributed by atoms with Gasteiger partial charge in [-0.3, -0.25) is 4.57 Å².